The molecule has 0 bridgehead atoms. The monoisotopic (exact) mass is 355 g/mol. The van der Waals surface area contributed by atoms with Gasteiger partial charge in [0, 0.05) is 18.1 Å². The topological polar surface area (TPSA) is 98.2 Å². The number of rotatable bonds is 4. The van der Waals surface area contributed by atoms with Gasteiger partial charge in [-0.25, -0.2) is 18.4 Å². The Morgan fingerprint density at radius 1 is 1.35 bits per heavy atom. The summed E-state index contributed by atoms with van der Waals surface area (Å²) in [5.74, 6) is -0.0849. The molecule has 1 N–H and O–H groups in total. The third kappa shape index (κ3) is 3.96. The zero-order valence-electron chi connectivity index (χ0n) is 12.6. The number of methoxy groups -OCH3 is 1. The molecule has 0 saturated heterocycles. The summed E-state index contributed by atoms with van der Waals surface area (Å²) in [6.07, 6.45) is 2.27. The van der Waals surface area contributed by atoms with Crippen molar-refractivity contribution < 1.29 is 17.9 Å². The molecule has 1 heterocycles. The molecule has 2 rings (SSSR count). The average Bonchev–Trinajstić information content (AvgIpc) is 2.46. The standard InChI is InChI=1S/C14H14ClN3O4S/c1-8-7-16-14(23(3,20)21)18-12(8)13(19)17-9-4-5-11(22-2)10(15)6-9/h4-7H,1-3H3,(H,17,19). The maximum absolute atomic E-state index is 12.3. The lowest BCUT2D eigenvalue weighted by Gasteiger charge is -2.09. The van der Waals surface area contributed by atoms with Crippen LogP contribution < -0.4 is 10.1 Å². The van der Waals surface area contributed by atoms with Crippen molar-refractivity contribution in [3.8, 4) is 5.75 Å². The molecule has 0 saturated carbocycles. The van der Waals surface area contributed by atoms with E-state index in [1.165, 1.54) is 19.4 Å². The Bertz CT molecular complexity index is 868. The van der Waals surface area contributed by atoms with Crippen molar-refractivity contribution in [3.63, 3.8) is 0 Å². The van der Waals surface area contributed by atoms with Gasteiger partial charge >= 0.3 is 0 Å². The number of benzene rings is 1. The van der Waals surface area contributed by atoms with Gasteiger partial charge in [-0.3, -0.25) is 4.79 Å². The Balaban J connectivity index is 2.32. The predicted octanol–water partition coefficient (Wildman–Crippen LogP) is 2.10. The summed E-state index contributed by atoms with van der Waals surface area (Å²) in [7, 11) is -2.12. The van der Waals surface area contributed by atoms with Gasteiger partial charge in [0.25, 0.3) is 5.91 Å². The van der Waals surface area contributed by atoms with Crippen LogP contribution in [-0.2, 0) is 9.84 Å². The fourth-order valence-electron chi connectivity index (χ4n) is 1.77. The van der Waals surface area contributed by atoms with Crippen LogP contribution >= 0.6 is 11.6 Å². The summed E-state index contributed by atoms with van der Waals surface area (Å²) in [5, 5.41) is 2.54. The van der Waals surface area contributed by atoms with Crippen LogP contribution in [0.4, 0.5) is 5.69 Å². The molecule has 9 heteroatoms. The van der Waals surface area contributed by atoms with Crippen LogP contribution in [0.2, 0.25) is 5.02 Å². The zero-order valence-corrected chi connectivity index (χ0v) is 14.2. The molecule has 0 atom stereocenters. The smallest absolute Gasteiger partial charge is 0.274 e. The number of carbonyl (C=O) groups excluding carboxylic acids is 1. The predicted molar refractivity (Wildman–Crippen MR) is 85.8 cm³/mol. The second kappa shape index (κ2) is 6.51. The van der Waals surface area contributed by atoms with Gasteiger partial charge in [-0.05, 0) is 30.7 Å². The van der Waals surface area contributed by atoms with E-state index in [4.69, 9.17) is 16.3 Å². The first-order chi connectivity index (χ1) is 10.7. The number of hydrogen-bond acceptors (Lipinski definition) is 6. The summed E-state index contributed by atoms with van der Waals surface area (Å²) in [5.41, 5.74) is 0.863. The third-order valence-electron chi connectivity index (χ3n) is 2.91. The molecular formula is C14H14ClN3O4S. The fraction of sp³-hybridized carbons (Fsp3) is 0.214. The van der Waals surface area contributed by atoms with Crippen molar-refractivity contribution in [3.05, 3.63) is 40.7 Å². The van der Waals surface area contributed by atoms with Crippen LogP contribution in [0.25, 0.3) is 0 Å². The third-order valence-corrected chi connectivity index (χ3v) is 4.06. The van der Waals surface area contributed by atoms with E-state index in [9.17, 15) is 13.2 Å². The van der Waals surface area contributed by atoms with Gasteiger partial charge in [0.15, 0.2) is 0 Å². The second-order valence-corrected chi connectivity index (χ2v) is 7.08. The van der Waals surface area contributed by atoms with Gasteiger partial charge < -0.3 is 10.1 Å². The number of hydrogen-bond donors (Lipinski definition) is 1. The molecule has 0 aliphatic carbocycles. The van der Waals surface area contributed by atoms with E-state index in [0.29, 0.717) is 22.0 Å². The number of amides is 1. The van der Waals surface area contributed by atoms with Gasteiger partial charge in [0.05, 0.1) is 12.1 Å². The van der Waals surface area contributed by atoms with Gasteiger partial charge in [0.2, 0.25) is 15.0 Å². The van der Waals surface area contributed by atoms with E-state index in [-0.39, 0.29) is 5.69 Å². The Labute approximate surface area is 138 Å². The number of anilines is 1. The largest absolute Gasteiger partial charge is 0.495 e. The highest BCUT2D eigenvalue weighted by Crippen LogP contribution is 2.27. The number of sulfone groups is 1. The summed E-state index contributed by atoms with van der Waals surface area (Å²) in [4.78, 5) is 19.9. The van der Waals surface area contributed by atoms with Crippen LogP contribution in [0, 0.1) is 6.92 Å². The molecule has 0 aliphatic rings. The number of nitrogens with zero attached hydrogens (tertiary/aromatic N) is 2. The maximum atomic E-state index is 12.3. The van der Waals surface area contributed by atoms with Crippen molar-refractivity contribution in [2.24, 2.45) is 0 Å². The summed E-state index contributed by atoms with van der Waals surface area (Å²) in [6.45, 7) is 1.61. The fourth-order valence-corrected chi connectivity index (χ4v) is 2.53. The van der Waals surface area contributed by atoms with Crippen molar-refractivity contribution in [1.29, 1.82) is 0 Å². The number of aryl methyl sites for hydroxylation is 1. The lowest BCUT2D eigenvalue weighted by atomic mass is 10.2. The van der Waals surface area contributed by atoms with Crippen LogP contribution in [-0.4, -0.2) is 37.7 Å². The lowest BCUT2D eigenvalue weighted by molar-refractivity contribution is 0.102. The highest BCUT2D eigenvalue weighted by atomic mass is 35.5. The van der Waals surface area contributed by atoms with Gasteiger partial charge in [-0.2, -0.15) is 0 Å². The number of aromatic nitrogens is 2. The minimum absolute atomic E-state index is 0.0210. The first-order valence-electron chi connectivity index (χ1n) is 6.41. The summed E-state index contributed by atoms with van der Waals surface area (Å²) in [6, 6.07) is 4.73. The SMILES string of the molecule is COc1ccc(NC(=O)c2nc(S(C)(=O)=O)ncc2C)cc1Cl. The number of carbonyl (C=O) groups is 1. The first kappa shape index (κ1) is 17.2. The Hall–Kier alpha value is -2.19. The molecule has 0 unspecified atom stereocenters. The normalized spacial score (nSPS) is 11.1. The highest BCUT2D eigenvalue weighted by Gasteiger charge is 2.18. The molecule has 1 amide bonds. The summed E-state index contributed by atoms with van der Waals surface area (Å²) >= 11 is 5.99. The molecule has 122 valence electrons. The molecule has 7 nitrogen and oxygen atoms in total. The lowest BCUT2D eigenvalue weighted by Crippen LogP contribution is -2.18. The van der Waals surface area contributed by atoms with E-state index in [1.807, 2.05) is 0 Å². The van der Waals surface area contributed by atoms with Crippen molar-refractivity contribution >= 4 is 33.0 Å². The molecule has 0 spiro atoms. The van der Waals surface area contributed by atoms with E-state index in [0.717, 1.165) is 6.26 Å². The molecule has 0 radical (unpaired) electrons. The van der Waals surface area contributed by atoms with E-state index in [1.54, 1.807) is 19.1 Å². The van der Waals surface area contributed by atoms with Gasteiger partial charge in [-0.1, -0.05) is 11.6 Å². The molecule has 2 aromatic rings. The van der Waals surface area contributed by atoms with E-state index < -0.39 is 20.9 Å². The molecule has 0 fully saturated rings. The number of ether oxygens (including phenoxy) is 1. The van der Waals surface area contributed by atoms with Crippen LogP contribution in [0.3, 0.4) is 0 Å². The zero-order chi connectivity index (χ0) is 17.2. The molecular weight excluding hydrogens is 342 g/mol. The minimum atomic E-state index is -3.60. The molecule has 0 aliphatic heterocycles. The van der Waals surface area contributed by atoms with E-state index >= 15 is 0 Å². The van der Waals surface area contributed by atoms with Crippen LogP contribution in [0.1, 0.15) is 16.1 Å². The summed E-state index contributed by atoms with van der Waals surface area (Å²) < 4.78 is 28.0. The second-order valence-electron chi connectivity index (χ2n) is 4.76. The van der Waals surface area contributed by atoms with Gasteiger partial charge in [-0.15, -0.1) is 0 Å². The molecule has 1 aromatic heterocycles. The highest BCUT2D eigenvalue weighted by molar-refractivity contribution is 7.90. The van der Waals surface area contributed by atoms with Crippen molar-refractivity contribution in [2.45, 2.75) is 12.1 Å². The Morgan fingerprint density at radius 3 is 2.61 bits per heavy atom. The average molecular weight is 356 g/mol. The molecule has 1 aromatic carbocycles. The minimum Gasteiger partial charge on any atom is -0.495 e. The van der Waals surface area contributed by atoms with Crippen LogP contribution in [0.15, 0.2) is 29.6 Å². The maximum Gasteiger partial charge on any atom is 0.274 e. The van der Waals surface area contributed by atoms with Crippen molar-refractivity contribution in [1.82, 2.24) is 9.97 Å². The van der Waals surface area contributed by atoms with E-state index in [2.05, 4.69) is 15.3 Å². The quantitative estimate of drug-likeness (QED) is 0.843. The number of nitrogens with one attached hydrogen (secondary N) is 1. The molecule has 23 heavy (non-hydrogen) atoms. The number of halogens is 1. The van der Waals surface area contributed by atoms with Crippen LogP contribution in [0.5, 0.6) is 5.75 Å². The van der Waals surface area contributed by atoms with Crippen molar-refractivity contribution in [2.75, 3.05) is 18.7 Å². The Kier molecular flexibility index (Phi) is 4.86. The first-order valence-corrected chi connectivity index (χ1v) is 8.68. The Morgan fingerprint density at radius 2 is 2.04 bits per heavy atom. The van der Waals surface area contributed by atoms with Gasteiger partial charge in [0.1, 0.15) is 11.4 Å².